The molecule has 0 spiro atoms. The summed E-state index contributed by atoms with van der Waals surface area (Å²) in [6.07, 6.45) is 2.86. The first-order valence-electron chi connectivity index (χ1n) is 5.38. The third-order valence-corrected chi connectivity index (χ3v) is 3.43. The normalized spacial score (nSPS) is 12.2. The maximum absolute atomic E-state index is 11.8. The van der Waals surface area contributed by atoms with Gasteiger partial charge < -0.3 is 5.32 Å². The van der Waals surface area contributed by atoms with Crippen molar-refractivity contribution >= 4 is 10.0 Å². The lowest BCUT2D eigenvalue weighted by molar-refractivity contribution is 0.364. The van der Waals surface area contributed by atoms with E-state index in [0.717, 1.165) is 13.1 Å². The van der Waals surface area contributed by atoms with Crippen molar-refractivity contribution in [1.82, 2.24) is 24.9 Å². The van der Waals surface area contributed by atoms with E-state index in [9.17, 15) is 8.42 Å². The summed E-state index contributed by atoms with van der Waals surface area (Å²) in [4.78, 5) is 2.52. The van der Waals surface area contributed by atoms with Crippen LogP contribution in [0.3, 0.4) is 0 Å². The molecule has 0 unspecified atom stereocenters. The summed E-state index contributed by atoms with van der Waals surface area (Å²) in [6, 6.07) is 0. The Morgan fingerprint density at radius 1 is 1.47 bits per heavy atom. The second kappa shape index (κ2) is 6.10. The number of likely N-dealkylation sites (N-methyl/N-ethyl adjacent to an activating group) is 1. The Balaban J connectivity index is 2.67. The molecule has 17 heavy (non-hydrogen) atoms. The zero-order chi connectivity index (χ0) is 12.9. The Bertz CT molecular complexity index is 440. The monoisotopic (exact) mass is 261 g/mol. The fraction of sp³-hybridized carbons (Fsp3) is 0.667. The largest absolute Gasteiger partial charge is 0.315 e. The van der Waals surface area contributed by atoms with Crippen LogP contribution in [-0.4, -0.2) is 50.4 Å². The lowest BCUT2D eigenvalue weighted by Gasteiger charge is -2.10. The van der Waals surface area contributed by atoms with Gasteiger partial charge in [-0.3, -0.25) is 4.68 Å². The highest BCUT2D eigenvalue weighted by Crippen LogP contribution is 2.06. The first-order valence-corrected chi connectivity index (χ1v) is 6.87. The minimum Gasteiger partial charge on any atom is -0.315 e. The smallest absolute Gasteiger partial charge is 0.256 e. The van der Waals surface area contributed by atoms with E-state index in [1.54, 1.807) is 18.8 Å². The van der Waals surface area contributed by atoms with Crippen molar-refractivity contribution in [2.24, 2.45) is 0 Å². The van der Waals surface area contributed by atoms with Crippen molar-refractivity contribution in [1.29, 1.82) is 0 Å². The van der Waals surface area contributed by atoms with E-state index < -0.39 is 10.0 Å². The van der Waals surface area contributed by atoms with Gasteiger partial charge in [0, 0.05) is 26.8 Å². The molecule has 7 nitrogen and oxygen atoms in total. The molecule has 98 valence electrons. The molecule has 0 radical (unpaired) electrons. The Morgan fingerprint density at radius 3 is 2.76 bits per heavy atom. The van der Waals surface area contributed by atoms with E-state index in [0.29, 0.717) is 6.54 Å². The molecule has 1 heterocycles. The molecule has 2 N–H and O–H groups in total. The van der Waals surface area contributed by atoms with Crippen LogP contribution >= 0.6 is 0 Å². The fourth-order valence-electron chi connectivity index (χ4n) is 1.27. The molecule has 0 saturated carbocycles. The molecule has 1 aromatic rings. The molecule has 0 amide bonds. The van der Waals surface area contributed by atoms with Crippen LogP contribution in [0.1, 0.15) is 6.92 Å². The molecular weight excluding hydrogens is 242 g/mol. The van der Waals surface area contributed by atoms with Gasteiger partial charge in [0.05, 0.1) is 12.7 Å². The molecule has 1 rings (SSSR count). The summed E-state index contributed by atoms with van der Waals surface area (Å²) >= 11 is 0. The predicted octanol–water partition coefficient (Wildman–Crippen LogP) is -0.752. The summed E-state index contributed by atoms with van der Waals surface area (Å²) in [5.74, 6) is 0. The van der Waals surface area contributed by atoms with Crippen LogP contribution in [0.2, 0.25) is 0 Å². The first kappa shape index (κ1) is 14.1. The average molecular weight is 261 g/mol. The fourth-order valence-corrected chi connectivity index (χ4v) is 2.30. The summed E-state index contributed by atoms with van der Waals surface area (Å²) < 4.78 is 25.1. The quantitative estimate of drug-likeness (QED) is 0.498. The molecule has 0 aliphatic carbocycles. The topological polar surface area (TPSA) is 79.3 Å². The second-order valence-electron chi connectivity index (χ2n) is 3.78. The van der Waals surface area contributed by atoms with Crippen LogP contribution in [0.5, 0.6) is 0 Å². The molecule has 0 aliphatic heterocycles. The van der Waals surface area contributed by atoms with Gasteiger partial charge in [-0.05, 0) is 6.54 Å². The number of aromatic nitrogens is 2. The van der Waals surface area contributed by atoms with Gasteiger partial charge in [-0.15, -0.1) is 4.83 Å². The van der Waals surface area contributed by atoms with Crippen molar-refractivity contribution < 1.29 is 8.42 Å². The molecule has 0 aliphatic rings. The van der Waals surface area contributed by atoms with E-state index in [-0.39, 0.29) is 4.90 Å². The van der Waals surface area contributed by atoms with Gasteiger partial charge in [0.2, 0.25) is 0 Å². The zero-order valence-corrected chi connectivity index (χ0v) is 11.2. The zero-order valence-electron chi connectivity index (χ0n) is 10.3. The molecule has 0 saturated heterocycles. The number of nitrogens with zero attached hydrogens (tertiary/aromatic N) is 3. The maximum atomic E-state index is 11.8. The maximum Gasteiger partial charge on any atom is 0.256 e. The van der Waals surface area contributed by atoms with Crippen molar-refractivity contribution in [3.05, 3.63) is 12.4 Å². The van der Waals surface area contributed by atoms with E-state index in [1.165, 1.54) is 17.4 Å². The summed E-state index contributed by atoms with van der Waals surface area (Å²) in [6.45, 7) is 4.30. The summed E-state index contributed by atoms with van der Waals surface area (Å²) in [7, 11) is -0.261. The van der Waals surface area contributed by atoms with Crippen molar-refractivity contribution in [3.8, 4) is 0 Å². The Labute approximate surface area is 102 Å². The summed E-state index contributed by atoms with van der Waals surface area (Å²) in [5, 5.41) is 8.52. The van der Waals surface area contributed by atoms with Gasteiger partial charge >= 0.3 is 0 Å². The number of hydrazine groups is 1. The minimum atomic E-state index is -3.50. The molecular formula is C9H19N5O2S. The Hall–Kier alpha value is -0.960. The van der Waals surface area contributed by atoms with Crippen molar-refractivity contribution in [2.45, 2.75) is 18.4 Å². The number of nitrogens with one attached hydrogen (secondary N) is 2. The highest BCUT2D eigenvalue weighted by molar-refractivity contribution is 7.89. The minimum absolute atomic E-state index is 0.169. The van der Waals surface area contributed by atoms with E-state index in [2.05, 4.69) is 15.2 Å². The molecule has 1 aromatic heterocycles. The molecule has 0 fully saturated rings. The second-order valence-corrected chi connectivity index (χ2v) is 5.44. The van der Waals surface area contributed by atoms with Crippen LogP contribution in [0, 0.1) is 0 Å². The molecule has 0 atom stereocenters. The summed E-state index contributed by atoms with van der Waals surface area (Å²) in [5.41, 5.74) is 0. The number of rotatable bonds is 7. The van der Waals surface area contributed by atoms with Crippen LogP contribution in [0.4, 0.5) is 0 Å². The Morgan fingerprint density at radius 2 is 2.18 bits per heavy atom. The van der Waals surface area contributed by atoms with Crippen molar-refractivity contribution in [2.75, 3.05) is 27.2 Å². The van der Waals surface area contributed by atoms with Crippen molar-refractivity contribution in [3.63, 3.8) is 0 Å². The van der Waals surface area contributed by atoms with Gasteiger partial charge in [0.1, 0.15) is 4.90 Å². The van der Waals surface area contributed by atoms with E-state index in [1.807, 2.05) is 6.92 Å². The highest BCUT2D eigenvalue weighted by atomic mass is 32.2. The number of hydrogen-bond acceptors (Lipinski definition) is 5. The first-order chi connectivity index (χ1) is 7.95. The number of hydrogen-bond donors (Lipinski definition) is 2. The van der Waals surface area contributed by atoms with Gasteiger partial charge in [0.25, 0.3) is 10.0 Å². The third-order valence-electron chi connectivity index (χ3n) is 1.99. The lowest BCUT2D eigenvalue weighted by Crippen LogP contribution is -2.35. The molecule has 0 bridgehead atoms. The average Bonchev–Trinajstić information content (AvgIpc) is 2.65. The molecule has 8 heteroatoms. The van der Waals surface area contributed by atoms with Crippen LogP contribution < -0.4 is 10.1 Å². The van der Waals surface area contributed by atoms with E-state index >= 15 is 0 Å². The van der Waals surface area contributed by atoms with Gasteiger partial charge in [-0.1, -0.05) is 6.92 Å². The number of sulfonamides is 1. The predicted molar refractivity (Wildman–Crippen MR) is 64.8 cm³/mol. The van der Waals surface area contributed by atoms with Crippen LogP contribution in [-0.2, 0) is 16.6 Å². The van der Waals surface area contributed by atoms with E-state index in [4.69, 9.17) is 0 Å². The van der Waals surface area contributed by atoms with Gasteiger partial charge in [0.15, 0.2) is 0 Å². The SMILES string of the molecule is CCNCCn1cc(S(=O)(=O)NN(C)C)cn1. The van der Waals surface area contributed by atoms with Crippen LogP contribution in [0.15, 0.2) is 17.3 Å². The lowest BCUT2D eigenvalue weighted by atomic mass is 10.6. The third kappa shape index (κ3) is 4.43. The Kier molecular flexibility index (Phi) is 5.06. The van der Waals surface area contributed by atoms with Gasteiger partial charge in [-0.2, -0.15) is 5.10 Å². The van der Waals surface area contributed by atoms with Crippen LogP contribution in [0.25, 0.3) is 0 Å². The standard InChI is InChI=1S/C9H19N5O2S/c1-4-10-5-6-14-8-9(7-11-14)17(15,16)12-13(2)3/h7-8,10,12H,4-6H2,1-3H3. The highest BCUT2D eigenvalue weighted by Gasteiger charge is 2.16. The molecule has 0 aromatic carbocycles. The van der Waals surface area contributed by atoms with Gasteiger partial charge in [-0.25, -0.2) is 13.4 Å².